The van der Waals surface area contributed by atoms with Gasteiger partial charge in [0.2, 0.25) is 0 Å². The molecule has 0 radical (unpaired) electrons. The van der Waals surface area contributed by atoms with Gasteiger partial charge >= 0.3 is 6.09 Å². The summed E-state index contributed by atoms with van der Waals surface area (Å²) in [4.78, 5) is 28.6. The highest BCUT2D eigenvalue weighted by Gasteiger charge is 2.18. The zero-order valence-corrected chi connectivity index (χ0v) is 19.7. The third-order valence-corrected chi connectivity index (χ3v) is 5.48. The summed E-state index contributed by atoms with van der Waals surface area (Å²) in [7, 11) is 1.86. The molecule has 0 atom stereocenters. The predicted molar refractivity (Wildman–Crippen MR) is 130 cm³/mol. The number of hydrogen-bond donors (Lipinski definition) is 1. The first kappa shape index (κ1) is 24.3. The minimum atomic E-state index is -0.552. The van der Waals surface area contributed by atoms with E-state index in [2.05, 4.69) is 20.5 Å². The molecule has 1 aromatic heterocycles. The van der Waals surface area contributed by atoms with Crippen LogP contribution in [0.2, 0.25) is 0 Å². The molecule has 0 aromatic carbocycles. The number of aromatic nitrogens is 2. The second kappa shape index (κ2) is 11.5. The van der Waals surface area contributed by atoms with E-state index in [1.54, 1.807) is 29.0 Å². The van der Waals surface area contributed by atoms with Crippen molar-refractivity contribution < 1.29 is 14.3 Å². The van der Waals surface area contributed by atoms with E-state index in [0.717, 1.165) is 42.9 Å². The van der Waals surface area contributed by atoms with Gasteiger partial charge in [-0.3, -0.25) is 9.48 Å². The van der Waals surface area contributed by atoms with Gasteiger partial charge in [-0.05, 0) is 64.4 Å². The number of piperidine rings is 1. The van der Waals surface area contributed by atoms with E-state index in [4.69, 9.17) is 4.74 Å². The number of allylic oxidation sites excluding steroid dienone is 5. The van der Waals surface area contributed by atoms with E-state index >= 15 is 0 Å². The number of ketones is 1. The van der Waals surface area contributed by atoms with Crippen LogP contribution in [0, 0.1) is 6.92 Å². The lowest BCUT2D eigenvalue weighted by Gasteiger charge is -2.21. The van der Waals surface area contributed by atoms with Crippen molar-refractivity contribution >= 4 is 29.0 Å². The van der Waals surface area contributed by atoms with Gasteiger partial charge in [0.15, 0.2) is 5.78 Å². The number of rotatable bonds is 6. The van der Waals surface area contributed by atoms with Crippen LogP contribution in [-0.4, -0.2) is 52.3 Å². The Morgan fingerprint density at radius 2 is 2.12 bits per heavy atom. The fraction of sp³-hybridized carbons (Fsp3) is 0.458. The standard InChI is InChI=1S/C24H32N6O3/c1-5-6-19(13-17(2)27-24(32)33-22-7-10-25-11-8-22)14-20-15-21(31)9-12-30(28-20)23-16-26-29(4)18(23)3/h5-6,9,12,14,16,22,25H,7-8,10-11,13,15H2,1-4H3/b6-5?,19-14+,27-17?. The Bertz CT molecular complexity index is 1020. The second-order valence-electron chi connectivity index (χ2n) is 8.21. The number of aliphatic imine (C=N–C) groups is 1. The van der Waals surface area contributed by atoms with Crippen LogP contribution in [0.5, 0.6) is 0 Å². The van der Waals surface area contributed by atoms with Crippen molar-refractivity contribution in [3.8, 4) is 0 Å². The van der Waals surface area contributed by atoms with Gasteiger partial charge in [0.05, 0.1) is 24.0 Å². The van der Waals surface area contributed by atoms with Crippen LogP contribution >= 0.6 is 0 Å². The van der Waals surface area contributed by atoms with E-state index in [9.17, 15) is 9.59 Å². The monoisotopic (exact) mass is 452 g/mol. The molecule has 0 saturated carbocycles. The molecular weight excluding hydrogens is 420 g/mol. The minimum Gasteiger partial charge on any atom is -0.445 e. The first-order valence-electron chi connectivity index (χ1n) is 11.2. The first-order valence-corrected chi connectivity index (χ1v) is 11.2. The quantitative estimate of drug-likeness (QED) is 0.523. The largest absolute Gasteiger partial charge is 0.445 e. The van der Waals surface area contributed by atoms with Gasteiger partial charge in [0.25, 0.3) is 0 Å². The van der Waals surface area contributed by atoms with Gasteiger partial charge in [-0.25, -0.2) is 9.80 Å². The molecule has 3 heterocycles. The normalized spacial score (nSPS) is 18.6. The van der Waals surface area contributed by atoms with Crippen LogP contribution in [0.1, 0.15) is 45.2 Å². The zero-order valence-electron chi connectivity index (χ0n) is 19.7. The Labute approximate surface area is 194 Å². The van der Waals surface area contributed by atoms with Gasteiger partial charge in [-0.1, -0.05) is 12.2 Å². The number of nitrogens with one attached hydrogen (secondary N) is 1. The van der Waals surface area contributed by atoms with E-state index in [0.29, 0.717) is 17.8 Å². The van der Waals surface area contributed by atoms with Crippen LogP contribution in [0.4, 0.5) is 10.5 Å². The smallest absolute Gasteiger partial charge is 0.433 e. The van der Waals surface area contributed by atoms with Crippen LogP contribution in [0.15, 0.2) is 52.4 Å². The highest BCUT2D eigenvalue weighted by molar-refractivity contribution is 6.13. The summed E-state index contributed by atoms with van der Waals surface area (Å²) in [6.07, 6.45) is 12.2. The molecule has 1 saturated heterocycles. The van der Waals surface area contributed by atoms with Gasteiger partial charge in [-0.2, -0.15) is 15.2 Å². The number of hydrogen-bond acceptors (Lipinski definition) is 7. The van der Waals surface area contributed by atoms with Gasteiger partial charge in [-0.15, -0.1) is 0 Å². The molecule has 33 heavy (non-hydrogen) atoms. The summed E-state index contributed by atoms with van der Waals surface area (Å²) in [5.41, 5.74) is 3.89. The van der Waals surface area contributed by atoms with Crippen molar-refractivity contribution in [1.29, 1.82) is 0 Å². The third-order valence-electron chi connectivity index (χ3n) is 5.48. The number of carbonyl (C=O) groups excluding carboxylic acids is 2. The van der Waals surface area contributed by atoms with Crippen molar-refractivity contribution in [3.63, 3.8) is 0 Å². The van der Waals surface area contributed by atoms with Crippen molar-refractivity contribution in [2.75, 3.05) is 18.1 Å². The molecule has 0 spiro atoms. The number of ether oxygens (including phenoxy) is 1. The number of nitrogens with zero attached hydrogens (tertiary/aromatic N) is 5. The van der Waals surface area contributed by atoms with Crippen LogP contribution in [-0.2, 0) is 16.6 Å². The molecular formula is C24H32N6O3. The zero-order chi connectivity index (χ0) is 23.8. The summed E-state index contributed by atoms with van der Waals surface area (Å²) < 4.78 is 7.22. The average molecular weight is 453 g/mol. The molecule has 9 heteroatoms. The summed E-state index contributed by atoms with van der Waals surface area (Å²) in [6, 6.07) is 0. The maximum atomic E-state index is 12.3. The van der Waals surface area contributed by atoms with E-state index in [1.807, 2.05) is 39.1 Å². The fourth-order valence-electron chi connectivity index (χ4n) is 3.68. The summed E-state index contributed by atoms with van der Waals surface area (Å²) >= 11 is 0. The lowest BCUT2D eigenvalue weighted by Crippen LogP contribution is -2.33. The molecule has 0 aliphatic carbocycles. The SMILES string of the molecule is CC=C/C(=C\C1=NN(c2cnn(C)c2C)C=CC(=O)C1)CC(C)=NC(=O)OC1CCNCC1. The Hall–Kier alpha value is -3.33. The number of aryl methyl sites for hydroxylation is 1. The van der Waals surface area contributed by atoms with Crippen molar-refractivity contribution in [1.82, 2.24) is 15.1 Å². The topological polar surface area (TPSA) is 101 Å². The maximum Gasteiger partial charge on any atom is 0.433 e. The van der Waals surface area contributed by atoms with E-state index in [1.165, 1.54) is 6.08 Å². The molecule has 1 fully saturated rings. The highest BCUT2D eigenvalue weighted by atomic mass is 16.6. The van der Waals surface area contributed by atoms with Crippen LogP contribution in [0.3, 0.4) is 0 Å². The summed E-state index contributed by atoms with van der Waals surface area (Å²) in [5, 5.41) is 13.9. The molecule has 9 nitrogen and oxygen atoms in total. The second-order valence-corrected chi connectivity index (χ2v) is 8.21. The van der Waals surface area contributed by atoms with Crippen molar-refractivity contribution in [2.24, 2.45) is 17.1 Å². The molecule has 1 aromatic rings. The Balaban J connectivity index is 1.77. The number of anilines is 1. The number of amides is 1. The van der Waals surface area contributed by atoms with Crippen molar-refractivity contribution in [2.45, 2.75) is 52.6 Å². The van der Waals surface area contributed by atoms with Gasteiger partial charge in [0.1, 0.15) is 11.8 Å². The molecule has 2 aliphatic heterocycles. The lowest BCUT2D eigenvalue weighted by atomic mass is 10.0. The Morgan fingerprint density at radius 1 is 1.36 bits per heavy atom. The summed E-state index contributed by atoms with van der Waals surface area (Å²) in [6.45, 7) is 7.36. The first-order chi connectivity index (χ1) is 15.9. The highest BCUT2D eigenvalue weighted by Crippen LogP contribution is 2.22. The predicted octanol–water partition coefficient (Wildman–Crippen LogP) is 3.62. The van der Waals surface area contributed by atoms with E-state index < -0.39 is 6.09 Å². The Kier molecular flexibility index (Phi) is 8.48. The van der Waals surface area contributed by atoms with Crippen LogP contribution < -0.4 is 10.3 Å². The van der Waals surface area contributed by atoms with Crippen molar-refractivity contribution in [3.05, 3.63) is 48.0 Å². The lowest BCUT2D eigenvalue weighted by molar-refractivity contribution is -0.113. The van der Waals surface area contributed by atoms with E-state index in [-0.39, 0.29) is 18.3 Å². The molecule has 0 bridgehead atoms. The number of hydrazone groups is 1. The molecule has 0 unspecified atom stereocenters. The third kappa shape index (κ3) is 7.08. The average Bonchev–Trinajstić information content (AvgIpc) is 2.98. The fourth-order valence-corrected chi connectivity index (χ4v) is 3.68. The molecule has 176 valence electrons. The minimum absolute atomic E-state index is 0.0372. The van der Waals surface area contributed by atoms with Gasteiger partial charge in [0, 0.05) is 25.4 Å². The molecule has 3 rings (SSSR count). The van der Waals surface area contributed by atoms with Crippen LogP contribution in [0.25, 0.3) is 0 Å². The molecule has 1 amide bonds. The maximum absolute atomic E-state index is 12.3. The molecule has 2 aliphatic rings. The summed E-state index contributed by atoms with van der Waals surface area (Å²) in [5.74, 6) is -0.0372. The van der Waals surface area contributed by atoms with Gasteiger partial charge < -0.3 is 10.1 Å². The number of carbonyl (C=O) groups is 2. The molecule has 1 N–H and O–H groups in total. The Morgan fingerprint density at radius 3 is 2.79 bits per heavy atom.